The minimum atomic E-state index is -0.117. The first kappa shape index (κ1) is 21.1. The highest BCUT2D eigenvalue weighted by Crippen LogP contribution is 2.31. The van der Waals surface area contributed by atoms with Gasteiger partial charge in [-0.25, -0.2) is 4.98 Å². The van der Waals surface area contributed by atoms with E-state index in [9.17, 15) is 4.79 Å². The van der Waals surface area contributed by atoms with Gasteiger partial charge in [-0.2, -0.15) is 0 Å². The lowest BCUT2D eigenvalue weighted by Gasteiger charge is -2.07. The van der Waals surface area contributed by atoms with Crippen LogP contribution in [0.2, 0.25) is 0 Å². The Balaban J connectivity index is 1.49. The summed E-state index contributed by atoms with van der Waals surface area (Å²) in [6.07, 6.45) is 3.15. The summed E-state index contributed by atoms with van der Waals surface area (Å²) in [5, 5.41) is 2.97. The van der Waals surface area contributed by atoms with Crippen molar-refractivity contribution >= 4 is 34.0 Å². The summed E-state index contributed by atoms with van der Waals surface area (Å²) in [7, 11) is 0. The van der Waals surface area contributed by atoms with Gasteiger partial charge < -0.3 is 14.6 Å². The lowest BCUT2D eigenvalue weighted by Crippen LogP contribution is -2.09. The molecule has 0 aliphatic rings. The van der Waals surface area contributed by atoms with Crippen molar-refractivity contribution in [3.63, 3.8) is 0 Å². The van der Waals surface area contributed by atoms with E-state index in [2.05, 4.69) is 29.8 Å². The molecule has 31 heavy (non-hydrogen) atoms. The Morgan fingerprint density at radius 2 is 1.84 bits per heavy atom. The second-order valence-electron chi connectivity index (χ2n) is 7.42. The maximum Gasteiger partial charge on any atom is 0.265 e. The number of fused-ring (bicyclic) bond motifs is 1. The number of anilines is 1. The Morgan fingerprint density at radius 3 is 2.61 bits per heavy atom. The number of imidazole rings is 1. The molecule has 4 rings (SSSR count). The molecule has 0 atom stereocenters. The van der Waals surface area contributed by atoms with Gasteiger partial charge >= 0.3 is 0 Å². The Hall–Kier alpha value is -3.12. The molecule has 6 heteroatoms. The number of nitrogens with zero attached hydrogens (tertiary/aromatic N) is 2. The summed E-state index contributed by atoms with van der Waals surface area (Å²) in [5.74, 6) is 1.62. The van der Waals surface area contributed by atoms with E-state index in [1.807, 2.05) is 54.6 Å². The molecule has 160 valence electrons. The molecule has 0 fully saturated rings. The highest BCUT2D eigenvalue weighted by atomic mass is 32.1. The van der Waals surface area contributed by atoms with Gasteiger partial charge in [0.05, 0.1) is 27.4 Å². The number of amides is 1. The molecule has 1 N–H and O–H groups in total. The minimum Gasteiger partial charge on any atom is -0.494 e. The first-order valence-corrected chi connectivity index (χ1v) is 11.6. The molecular weight excluding hydrogens is 406 g/mol. The van der Waals surface area contributed by atoms with E-state index in [0.717, 1.165) is 59.0 Å². The van der Waals surface area contributed by atoms with Crippen molar-refractivity contribution < 1.29 is 9.53 Å². The van der Waals surface area contributed by atoms with Gasteiger partial charge in [0.15, 0.2) is 5.82 Å². The monoisotopic (exact) mass is 433 g/mol. The number of hydrogen-bond acceptors (Lipinski definition) is 4. The summed E-state index contributed by atoms with van der Waals surface area (Å²) < 4.78 is 7.92. The smallest absolute Gasteiger partial charge is 0.265 e. The zero-order valence-corrected chi connectivity index (χ0v) is 18.7. The molecule has 2 heterocycles. The van der Waals surface area contributed by atoms with Crippen LogP contribution in [0, 0.1) is 0 Å². The minimum absolute atomic E-state index is 0.117. The average Bonchev–Trinajstić information content (AvgIpc) is 3.41. The number of thiophene rings is 1. The number of nitrogens with one attached hydrogen (secondary N) is 1. The second kappa shape index (κ2) is 9.79. The first-order chi connectivity index (χ1) is 15.2. The third-order valence-electron chi connectivity index (χ3n) is 5.03. The Labute approximate surface area is 186 Å². The SMILES string of the molecule is CCCCOc1ccc(NC(=O)c2ccc(-c3nc4ccccc4n3CCC)s2)cc1. The van der Waals surface area contributed by atoms with Gasteiger partial charge in [0, 0.05) is 12.2 Å². The maximum atomic E-state index is 12.8. The number of aryl methyl sites for hydroxylation is 1. The molecule has 0 aliphatic carbocycles. The zero-order valence-electron chi connectivity index (χ0n) is 17.9. The number of benzene rings is 2. The highest BCUT2D eigenvalue weighted by molar-refractivity contribution is 7.17. The fourth-order valence-corrected chi connectivity index (χ4v) is 4.36. The van der Waals surface area contributed by atoms with E-state index in [-0.39, 0.29) is 5.91 Å². The molecule has 0 bridgehead atoms. The molecule has 0 spiro atoms. The standard InChI is InChI=1S/C25H27N3O2S/c1-3-5-17-30-19-12-10-18(11-13-19)26-25(29)23-15-14-22(31-23)24-27-20-8-6-7-9-21(20)28(24)16-4-2/h6-15H,3-5,16-17H2,1-2H3,(H,26,29). The second-order valence-corrected chi connectivity index (χ2v) is 8.50. The van der Waals surface area contributed by atoms with Gasteiger partial charge in [-0.1, -0.05) is 32.4 Å². The molecular formula is C25H27N3O2S. The van der Waals surface area contributed by atoms with E-state index in [0.29, 0.717) is 11.5 Å². The normalized spacial score (nSPS) is 11.0. The van der Waals surface area contributed by atoms with Crippen LogP contribution in [-0.4, -0.2) is 22.1 Å². The number of para-hydroxylation sites is 2. The largest absolute Gasteiger partial charge is 0.494 e. The van der Waals surface area contributed by atoms with Crippen LogP contribution in [0.5, 0.6) is 5.75 Å². The molecule has 0 radical (unpaired) electrons. The number of carbonyl (C=O) groups excluding carboxylic acids is 1. The van der Waals surface area contributed by atoms with Gasteiger partial charge in [-0.15, -0.1) is 11.3 Å². The van der Waals surface area contributed by atoms with Crippen molar-refractivity contribution in [2.24, 2.45) is 0 Å². The average molecular weight is 434 g/mol. The molecule has 1 amide bonds. The van der Waals surface area contributed by atoms with Gasteiger partial charge in [0.25, 0.3) is 5.91 Å². The molecule has 0 aliphatic heterocycles. The van der Waals surface area contributed by atoms with Crippen molar-refractivity contribution in [1.82, 2.24) is 9.55 Å². The van der Waals surface area contributed by atoms with Gasteiger partial charge in [-0.05, 0) is 61.4 Å². The van der Waals surface area contributed by atoms with Gasteiger partial charge in [0.2, 0.25) is 0 Å². The number of unbranched alkanes of at least 4 members (excludes halogenated alkanes) is 1. The number of ether oxygens (including phenoxy) is 1. The van der Waals surface area contributed by atoms with Gasteiger partial charge in [0.1, 0.15) is 5.75 Å². The summed E-state index contributed by atoms with van der Waals surface area (Å²) in [6.45, 7) is 5.90. The number of carbonyl (C=O) groups is 1. The van der Waals surface area contributed by atoms with Crippen molar-refractivity contribution in [2.45, 2.75) is 39.7 Å². The van der Waals surface area contributed by atoms with E-state index >= 15 is 0 Å². The van der Waals surface area contributed by atoms with Crippen LogP contribution in [0.4, 0.5) is 5.69 Å². The fraction of sp³-hybridized carbons (Fsp3) is 0.280. The lowest BCUT2D eigenvalue weighted by molar-refractivity contribution is 0.103. The van der Waals surface area contributed by atoms with Crippen LogP contribution in [0.1, 0.15) is 42.8 Å². The predicted octanol–water partition coefficient (Wildman–Crippen LogP) is 6.61. The van der Waals surface area contributed by atoms with Crippen molar-refractivity contribution in [3.05, 3.63) is 65.5 Å². The highest BCUT2D eigenvalue weighted by Gasteiger charge is 2.16. The number of aromatic nitrogens is 2. The summed E-state index contributed by atoms with van der Waals surface area (Å²) in [4.78, 5) is 19.3. The van der Waals surface area contributed by atoms with Crippen LogP contribution in [-0.2, 0) is 6.54 Å². The van der Waals surface area contributed by atoms with Crippen molar-refractivity contribution in [1.29, 1.82) is 0 Å². The zero-order chi connectivity index (χ0) is 21.6. The summed E-state index contributed by atoms with van der Waals surface area (Å²) in [6, 6.07) is 19.5. The Morgan fingerprint density at radius 1 is 1.03 bits per heavy atom. The van der Waals surface area contributed by atoms with Crippen molar-refractivity contribution in [3.8, 4) is 16.5 Å². The number of hydrogen-bond donors (Lipinski definition) is 1. The van der Waals surface area contributed by atoms with Crippen LogP contribution in [0.3, 0.4) is 0 Å². The topological polar surface area (TPSA) is 56.1 Å². The maximum absolute atomic E-state index is 12.8. The third-order valence-corrected chi connectivity index (χ3v) is 6.11. The van der Waals surface area contributed by atoms with E-state index < -0.39 is 0 Å². The molecule has 2 aromatic carbocycles. The predicted molar refractivity (Wildman–Crippen MR) is 128 cm³/mol. The van der Waals surface area contributed by atoms with E-state index in [1.54, 1.807) is 0 Å². The molecule has 5 nitrogen and oxygen atoms in total. The van der Waals surface area contributed by atoms with E-state index in [1.165, 1.54) is 11.3 Å². The van der Waals surface area contributed by atoms with Crippen LogP contribution < -0.4 is 10.1 Å². The first-order valence-electron chi connectivity index (χ1n) is 10.8. The molecule has 4 aromatic rings. The Bertz CT molecular complexity index is 1160. The fourth-order valence-electron chi connectivity index (χ4n) is 3.46. The Kier molecular flexibility index (Phi) is 6.67. The quantitative estimate of drug-likeness (QED) is 0.302. The third kappa shape index (κ3) is 4.80. The van der Waals surface area contributed by atoms with Crippen molar-refractivity contribution in [2.75, 3.05) is 11.9 Å². The summed E-state index contributed by atoms with van der Waals surface area (Å²) >= 11 is 1.47. The molecule has 0 unspecified atom stereocenters. The molecule has 2 aromatic heterocycles. The van der Waals surface area contributed by atoms with E-state index in [4.69, 9.17) is 9.72 Å². The molecule has 0 saturated carbocycles. The van der Waals surface area contributed by atoms with Crippen LogP contribution in [0.15, 0.2) is 60.7 Å². The van der Waals surface area contributed by atoms with Gasteiger partial charge in [-0.3, -0.25) is 4.79 Å². The van der Waals surface area contributed by atoms with Crippen LogP contribution in [0.25, 0.3) is 21.7 Å². The lowest BCUT2D eigenvalue weighted by atomic mass is 10.3. The molecule has 0 saturated heterocycles. The summed E-state index contributed by atoms with van der Waals surface area (Å²) in [5.41, 5.74) is 2.85. The number of rotatable bonds is 9. The van der Waals surface area contributed by atoms with Crippen LogP contribution >= 0.6 is 11.3 Å².